The number of thiophene rings is 1. The topological polar surface area (TPSA) is 44.1 Å². The molecule has 0 radical (unpaired) electrons. The van der Waals surface area contributed by atoms with Crippen LogP contribution < -0.4 is 5.56 Å². The van der Waals surface area contributed by atoms with E-state index in [0.29, 0.717) is 6.10 Å². The van der Waals surface area contributed by atoms with Crippen LogP contribution in [0.1, 0.15) is 50.3 Å². The fraction of sp³-hybridized carbons (Fsp3) is 0.647. The highest BCUT2D eigenvalue weighted by Crippen LogP contribution is 2.22. The number of unbranched alkanes of at least 4 members (excludes halogenated alkanes) is 1. The smallest absolute Gasteiger partial charge is 0.262 e. The summed E-state index contributed by atoms with van der Waals surface area (Å²) in [4.78, 5) is 19.1. The van der Waals surface area contributed by atoms with Crippen molar-refractivity contribution in [1.82, 2.24) is 9.55 Å². The summed E-state index contributed by atoms with van der Waals surface area (Å²) in [6, 6.07) is 2.03. The number of hydrogen-bond acceptors (Lipinski definition) is 4. The zero-order chi connectivity index (χ0) is 15.4. The lowest BCUT2D eigenvalue weighted by atomic mass is 10.1. The first-order valence-corrected chi connectivity index (χ1v) is 9.19. The lowest BCUT2D eigenvalue weighted by Crippen LogP contribution is -2.20. The Balaban J connectivity index is 1.60. The monoisotopic (exact) mass is 320 g/mol. The molecule has 3 rings (SSSR count). The van der Waals surface area contributed by atoms with Crippen LogP contribution in [0.25, 0.3) is 10.2 Å². The van der Waals surface area contributed by atoms with Gasteiger partial charge in [-0.2, -0.15) is 0 Å². The van der Waals surface area contributed by atoms with Crippen LogP contribution in [0.2, 0.25) is 0 Å². The standard InChI is InChI=1S/C17H24N2O2S/c1-2-6-14-11-15-16(22-14)18-12-19(17(15)20)9-4-3-7-13-8-5-10-21-13/h11-13H,2-10H2,1H3/t13-/m1/s1. The van der Waals surface area contributed by atoms with E-state index in [2.05, 4.69) is 11.9 Å². The highest BCUT2D eigenvalue weighted by molar-refractivity contribution is 7.18. The van der Waals surface area contributed by atoms with Gasteiger partial charge in [0.15, 0.2) is 0 Å². The minimum Gasteiger partial charge on any atom is -0.378 e. The number of ether oxygens (including phenoxy) is 1. The molecule has 0 unspecified atom stereocenters. The molecule has 0 N–H and O–H groups in total. The Morgan fingerprint density at radius 3 is 3.14 bits per heavy atom. The second-order valence-electron chi connectivity index (χ2n) is 6.06. The van der Waals surface area contributed by atoms with Gasteiger partial charge in [-0.3, -0.25) is 9.36 Å². The Bertz CT molecular complexity index is 671. The van der Waals surface area contributed by atoms with E-state index < -0.39 is 0 Å². The van der Waals surface area contributed by atoms with E-state index >= 15 is 0 Å². The lowest BCUT2D eigenvalue weighted by Gasteiger charge is -2.09. The number of hydrogen-bond donors (Lipinski definition) is 0. The third-order valence-electron chi connectivity index (χ3n) is 4.26. The van der Waals surface area contributed by atoms with Crippen LogP contribution >= 0.6 is 11.3 Å². The van der Waals surface area contributed by atoms with Crippen molar-refractivity contribution in [2.24, 2.45) is 0 Å². The molecule has 0 spiro atoms. The molecule has 0 aliphatic carbocycles. The molecular weight excluding hydrogens is 296 g/mol. The second kappa shape index (κ2) is 7.38. The van der Waals surface area contributed by atoms with Crippen molar-refractivity contribution in [3.05, 3.63) is 27.6 Å². The van der Waals surface area contributed by atoms with Crippen LogP contribution in [0.4, 0.5) is 0 Å². The highest BCUT2D eigenvalue weighted by Gasteiger charge is 2.14. The quantitative estimate of drug-likeness (QED) is 0.730. The van der Waals surface area contributed by atoms with Crippen molar-refractivity contribution < 1.29 is 4.74 Å². The van der Waals surface area contributed by atoms with Crippen molar-refractivity contribution in [3.63, 3.8) is 0 Å². The maximum atomic E-state index is 12.5. The fourth-order valence-corrected chi connectivity index (χ4v) is 4.15. The first-order chi connectivity index (χ1) is 10.8. The maximum absolute atomic E-state index is 12.5. The average molecular weight is 320 g/mol. The predicted molar refractivity (Wildman–Crippen MR) is 90.7 cm³/mol. The number of fused-ring (bicyclic) bond motifs is 1. The van der Waals surface area contributed by atoms with Crippen LogP contribution in [0.3, 0.4) is 0 Å². The molecule has 4 nitrogen and oxygen atoms in total. The number of rotatable bonds is 7. The van der Waals surface area contributed by atoms with Gasteiger partial charge in [-0.25, -0.2) is 4.98 Å². The summed E-state index contributed by atoms with van der Waals surface area (Å²) in [5, 5.41) is 0.787. The van der Waals surface area contributed by atoms with Gasteiger partial charge in [0.25, 0.3) is 5.56 Å². The summed E-state index contributed by atoms with van der Waals surface area (Å²) in [6.07, 6.45) is 9.92. The molecule has 120 valence electrons. The molecule has 1 saturated heterocycles. The zero-order valence-corrected chi connectivity index (χ0v) is 14.0. The van der Waals surface area contributed by atoms with Crippen LogP contribution in [0, 0.1) is 0 Å². The Morgan fingerprint density at radius 2 is 2.36 bits per heavy atom. The molecule has 2 aromatic rings. The van der Waals surface area contributed by atoms with E-state index in [1.54, 1.807) is 22.2 Å². The first kappa shape index (κ1) is 15.7. The van der Waals surface area contributed by atoms with Crippen molar-refractivity contribution in [3.8, 4) is 0 Å². The van der Waals surface area contributed by atoms with E-state index in [0.717, 1.165) is 55.5 Å². The molecule has 0 aromatic carbocycles. The predicted octanol–water partition coefficient (Wildman–Crippen LogP) is 3.76. The molecule has 0 amide bonds. The minimum absolute atomic E-state index is 0.112. The van der Waals surface area contributed by atoms with Gasteiger partial charge in [0.05, 0.1) is 17.8 Å². The van der Waals surface area contributed by atoms with Crippen molar-refractivity contribution >= 4 is 21.6 Å². The summed E-state index contributed by atoms with van der Waals surface area (Å²) in [7, 11) is 0. The summed E-state index contributed by atoms with van der Waals surface area (Å²) in [5.74, 6) is 0. The average Bonchev–Trinajstić information content (AvgIpc) is 3.15. The Labute approximate surface area is 135 Å². The maximum Gasteiger partial charge on any atom is 0.262 e. The van der Waals surface area contributed by atoms with Crippen LogP contribution in [-0.4, -0.2) is 22.3 Å². The van der Waals surface area contributed by atoms with Gasteiger partial charge >= 0.3 is 0 Å². The molecule has 0 saturated carbocycles. The fourth-order valence-electron chi connectivity index (χ4n) is 3.06. The second-order valence-corrected chi connectivity index (χ2v) is 7.17. The molecule has 2 aromatic heterocycles. The van der Waals surface area contributed by atoms with Crippen molar-refractivity contribution in [1.29, 1.82) is 0 Å². The number of aromatic nitrogens is 2. The third-order valence-corrected chi connectivity index (χ3v) is 5.37. The molecule has 22 heavy (non-hydrogen) atoms. The van der Waals surface area contributed by atoms with Crippen molar-refractivity contribution in [2.45, 2.75) is 64.5 Å². The van der Waals surface area contributed by atoms with E-state index in [4.69, 9.17) is 4.74 Å². The third kappa shape index (κ3) is 3.58. The van der Waals surface area contributed by atoms with E-state index in [1.165, 1.54) is 17.7 Å². The Kier molecular flexibility index (Phi) is 5.26. The van der Waals surface area contributed by atoms with Crippen LogP contribution in [0.15, 0.2) is 17.2 Å². The van der Waals surface area contributed by atoms with Gasteiger partial charge < -0.3 is 4.74 Å². The SMILES string of the molecule is CCCc1cc2c(=O)n(CCCC[C@@H]3CCCO3)cnc2s1. The largest absolute Gasteiger partial charge is 0.378 e. The normalized spacial score (nSPS) is 18.3. The molecule has 3 heterocycles. The van der Waals surface area contributed by atoms with Gasteiger partial charge in [-0.15, -0.1) is 11.3 Å². The van der Waals surface area contributed by atoms with Gasteiger partial charge in [0, 0.05) is 18.0 Å². The zero-order valence-electron chi connectivity index (χ0n) is 13.2. The van der Waals surface area contributed by atoms with Gasteiger partial charge in [-0.05, 0) is 44.6 Å². The van der Waals surface area contributed by atoms with Gasteiger partial charge in [0.2, 0.25) is 0 Å². The summed E-state index contributed by atoms with van der Waals surface area (Å²) in [6.45, 7) is 3.83. The highest BCUT2D eigenvalue weighted by atomic mass is 32.1. The minimum atomic E-state index is 0.112. The van der Waals surface area contributed by atoms with Crippen LogP contribution in [-0.2, 0) is 17.7 Å². The molecule has 1 aliphatic rings. The Hall–Kier alpha value is -1.20. The Morgan fingerprint density at radius 1 is 1.45 bits per heavy atom. The van der Waals surface area contributed by atoms with E-state index in [1.807, 2.05) is 6.07 Å². The van der Waals surface area contributed by atoms with E-state index in [9.17, 15) is 4.79 Å². The molecular formula is C17H24N2O2S. The lowest BCUT2D eigenvalue weighted by molar-refractivity contribution is 0.102. The summed E-state index contributed by atoms with van der Waals surface area (Å²) < 4.78 is 7.40. The molecule has 5 heteroatoms. The van der Waals surface area contributed by atoms with Crippen molar-refractivity contribution in [2.75, 3.05) is 6.61 Å². The van der Waals surface area contributed by atoms with E-state index in [-0.39, 0.29) is 5.56 Å². The van der Waals surface area contributed by atoms with Gasteiger partial charge in [0.1, 0.15) is 4.83 Å². The number of aryl methyl sites for hydroxylation is 2. The molecule has 1 atom stereocenters. The molecule has 1 fully saturated rings. The first-order valence-electron chi connectivity index (χ1n) is 8.37. The molecule has 0 bridgehead atoms. The summed E-state index contributed by atoms with van der Waals surface area (Å²) >= 11 is 1.65. The summed E-state index contributed by atoms with van der Waals surface area (Å²) in [5.41, 5.74) is 0.112. The number of nitrogens with zero attached hydrogens (tertiary/aromatic N) is 2. The van der Waals surface area contributed by atoms with Crippen LogP contribution in [0.5, 0.6) is 0 Å². The van der Waals surface area contributed by atoms with Gasteiger partial charge in [-0.1, -0.05) is 13.3 Å². The molecule has 1 aliphatic heterocycles.